The molecule has 0 saturated heterocycles. The maximum atomic E-state index is 12.8. The molecule has 6 nitrogen and oxygen atoms in total. The van der Waals surface area contributed by atoms with Crippen LogP contribution in [-0.4, -0.2) is 12.9 Å². The number of nitriles is 1. The van der Waals surface area contributed by atoms with Crippen molar-refractivity contribution < 1.29 is 19.0 Å². The number of ether oxygens (including phenoxy) is 3. The van der Waals surface area contributed by atoms with Gasteiger partial charge in [0.1, 0.15) is 35.5 Å². The molecular weight excluding hydrogens is 460 g/mol. The first-order valence-corrected chi connectivity index (χ1v) is 10.7. The molecule has 0 fully saturated rings. The highest BCUT2D eigenvalue weighted by atomic mass is 79.9. The summed E-state index contributed by atoms with van der Waals surface area (Å²) in [5, 5.41) is 9.76. The second kappa shape index (κ2) is 8.86. The molecule has 1 aliphatic heterocycles. The molecule has 1 aliphatic carbocycles. The first-order valence-electron chi connectivity index (χ1n) is 9.90. The van der Waals surface area contributed by atoms with Gasteiger partial charge in [-0.3, -0.25) is 4.79 Å². The molecule has 158 valence electrons. The van der Waals surface area contributed by atoms with Crippen LogP contribution in [-0.2, 0) is 16.1 Å². The van der Waals surface area contributed by atoms with E-state index in [4.69, 9.17) is 19.9 Å². The largest absolute Gasteiger partial charge is 0.496 e. The number of nitrogens with zero attached hydrogens (tertiary/aromatic N) is 1. The fourth-order valence-electron chi connectivity index (χ4n) is 4.00. The van der Waals surface area contributed by atoms with Gasteiger partial charge in [0.15, 0.2) is 5.78 Å². The Hall–Kier alpha value is -3.24. The van der Waals surface area contributed by atoms with Gasteiger partial charge in [0.2, 0.25) is 5.88 Å². The zero-order chi connectivity index (χ0) is 22.0. The molecule has 2 N–H and O–H groups in total. The normalized spacial score (nSPS) is 18.2. The van der Waals surface area contributed by atoms with Crippen molar-refractivity contribution in [1.82, 2.24) is 0 Å². The Bertz CT molecular complexity index is 1150. The monoisotopic (exact) mass is 480 g/mol. The van der Waals surface area contributed by atoms with Crippen LogP contribution in [0.4, 0.5) is 0 Å². The summed E-state index contributed by atoms with van der Waals surface area (Å²) < 4.78 is 18.0. The number of nitrogens with two attached hydrogens (primary N) is 1. The molecule has 4 rings (SSSR count). The van der Waals surface area contributed by atoms with Gasteiger partial charge in [0, 0.05) is 28.5 Å². The van der Waals surface area contributed by atoms with Gasteiger partial charge in [-0.2, -0.15) is 5.26 Å². The zero-order valence-corrected chi connectivity index (χ0v) is 18.6. The predicted molar refractivity (Wildman–Crippen MR) is 118 cm³/mol. The van der Waals surface area contributed by atoms with E-state index in [0.717, 1.165) is 15.6 Å². The van der Waals surface area contributed by atoms with E-state index in [1.807, 2.05) is 42.5 Å². The van der Waals surface area contributed by atoms with E-state index in [1.54, 1.807) is 7.11 Å². The molecular formula is C24H21BrN2O4. The lowest BCUT2D eigenvalue weighted by molar-refractivity contribution is -0.116. The molecule has 7 heteroatoms. The Balaban J connectivity index is 1.73. The molecule has 0 aromatic heterocycles. The van der Waals surface area contributed by atoms with Crippen molar-refractivity contribution in [3.8, 4) is 17.6 Å². The summed E-state index contributed by atoms with van der Waals surface area (Å²) in [5.74, 6) is 1.43. The zero-order valence-electron chi connectivity index (χ0n) is 17.0. The number of Topliss-reactive ketones (excluding diaryl/α,β-unsaturated/α-hetero) is 1. The number of ketones is 1. The fourth-order valence-corrected chi connectivity index (χ4v) is 4.38. The lowest BCUT2D eigenvalue weighted by Crippen LogP contribution is -2.27. The third-order valence-corrected chi connectivity index (χ3v) is 5.93. The molecule has 2 aromatic rings. The van der Waals surface area contributed by atoms with Crippen molar-refractivity contribution in [1.29, 1.82) is 5.26 Å². The summed E-state index contributed by atoms with van der Waals surface area (Å²) in [6.45, 7) is 0.262. The predicted octanol–water partition coefficient (Wildman–Crippen LogP) is 4.85. The van der Waals surface area contributed by atoms with Crippen LogP contribution >= 0.6 is 15.9 Å². The SMILES string of the molecule is COc1ccc(C2C(C#N)=C(N)OC3=C2C(=O)CCC3)cc1COc1cccc(Br)c1. The van der Waals surface area contributed by atoms with Crippen molar-refractivity contribution >= 4 is 21.7 Å². The van der Waals surface area contributed by atoms with Gasteiger partial charge in [-0.1, -0.05) is 28.1 Å². The number of methoxy groups -OCH3 is 1. The highest BCUT2D eigenvalue weighted by molar-refractivity contribution is 9.10. The summed E-state index contributed by atoms with van der Waals surface area (Å²) >= 11 is 3.44. The van der Waals surface area contributed by atoms with Crippen LogP contribution in [0.15, 0.2) is 69.7 Å². The number of benzene rings is 2. The van der Waals surface area contributed by atoms with E-state index >= 15 is 0 Å². The highest BCUT2D eigenvalue weighted by Crippen LogP contribution is 2.44. The molecule has 1 heterocycles. The highest BCUT2D eigenvalue weighted by Gasteiger charge is 2.38. The van der Waals surface area contributed by atoms with Crippen LogP contribution in [0.2, 0.25) is 0 Å². The van der Waals surface area contributed by atoms with Gasteiger partial charge in [-0.05, 0) is 42.3 Å². The molecule has 1 atom stereocenters. The minimum Gasteiger partial charge on any atom is -0.496 e. The van der Waals surface area contributed by atoms with Crippen molar-refractivity contribution in [2.45, 2.75) is 31.8 Å². The molecule has 1 unspecified atom stereocenters. The topological polar surface area (TPSA) is 94.6 Å². The first kappa shape index (κ1) is 21.0. The van der Waals surface area contributed by atoms with Gasteiger partial charge in [0.05, 0.1) is 13.0 Å². The van der Waals surface area contributed by atoms with Crippen molar-refractivity contribution in [3.05, 3.63) is 80.9 Å². The van der Waals surface area contributed by atoms with Crippen LogP contribution < -0.4 is 15.2 Å². The number of carbonyl (C=O) groups is 1. The summed E-state index contributed by atoms with van der Waals surface area (Å²) in [7, 11) is 1.59. The third kappa shape index (κ3) is 4.17. The van der Waals surface area contributed by atoms with Gasteiger partial charge in [-0.15, -0.1) is 0 Å². The Morgan fingerprint density at radius 1 is 1.26 bits per heavy atom. The van der Waals surface area contributed by atoms with E-state index in [2.05, 4.69) is 22.0 Å². The van der Waals surface area contributed by atoms with Gasteiger partial charge in [-0.25, -0.2) is 0 Å². The molecule has 0 spiro atoms. The average Bonchev–Trinajstić information content (AvgIpc) is 2.77. The van der Waals surface area contributed by atoms with Crippen LogP contribution in [0.25, 0.3) is 0 Å². The average molecular weight is 481 g/mol. The summed E-state index contributed by atoms with van der Waals surface area (Å²) in [5.41, 5.74) is 8.40. The Morgan fingerprint density at radius 3 is 2.84 bits per heavy atom. The lowest BCUT2D eigenvalue weighted by Gasteiger charge is -2.31. The fraction of sp³-hybridized carbons (Fsp3) is 0.250. The number of carbonyl (C=O) groups excluding carboxylic acids is 1. The van der Waals surface area contributed by atoms with Crippen molar-refractivity contribution in [2.75, 3.05) is 7.11 Å². The number of hydrogen-bond acceptors (Lipinski definition) is 6. The Morgan fingerprint density at radius 2 is 2.10 bits per heavy atom. The molecule has 0 saturated carbocycles. The lowest BCUT2D eigenvalue weighted by atomic mass is 9.77. The van der Waals surface area contributed by atoms with E-state index < -0.39 is 5.92 Å². The molecule has 0 radical (unpaired) electrons. The molecule has 2 aromatic carbocycles. The van der Waals surface area contributed by atoms with E-state index in [0.29, 0.717) is 42.1 Å². The second-order valence-electron chi connectivity index (χ2n) is 7.36. The maximum absolute atomic E-state index is 12.8. The molecule has 2 aliphatic rings. The maximum Gasteiger partial charge on any atom is 0.205 e. The van der Waals surface area contributed by atoms with Gasteiger partial charge >= 0.3 is 0 Å². The van der Waals surface area contributed by atoms with Crippen LogP contribution in [0.5, 0.6) is 11.5 Å². The van der Waals surface area contributed by atoms with Crippen LogP contribution in [0.1, 0.15) is 36.3 Å². The third-order valence-electron chi connectivity index (χ3n) is 5.43. The summed E-state index contributed by atoms with van der Waals surface area (Å²) in [4.78, 5) is 12.8. The van der Waals surface area contributed by atoms with Crippen molar-refractivity contribution in [2.24, 2.45) is 5.73 Å². The molecule has 0 bridgehead atoms. The number of hydrogen-bond donors (Lipinski definition) is 1. The van der Waals surface area contributed by atoms with Crippen molar-refractivity contribution in [3.63, 3.8) is 0 Å². The quantitative estimate of drug-likeness (QED) is 0.656. The van der Waals surface area contributed by atoms with E-state index in [9.17, 15) is 10.1 Å². The van der Waals surface area contributed by atoms with Crippen LogP contribution in [0, 0.1) is 11.3 Å². The van der Waals surface area contributed by atoms with Gasteiger partial charge in [0.25, 0.3) is 0 Å². The second-order valence-corrected chi connectivity index (χ2v) is 8.27. The summed E-state index contributed by atoms with van der Waals surface area (Å²) in [6.07, 6.45) is 1.78. The standard InChI is InChI=1S/C24H21BrN2O4/c1-29-20-9-8-14(10-15(20)13-30-17-5-2-4-16(25)11-17)22-18(12-26)24(27)31-21-7-3-6-19(28)23(21)22/h2,4-5,8-11,22H,3,6-7,13,27H2,1H3. The first-order chi connectivity index (χ1) is 15.0. The molecule has 0 amide bonds. The smallest absolute Gasteiger partial charge is 0.205 e. The minimum absolute atomic E-state index is 0.00532. The molecule has 31 heavy (non-hydrogen) atoms. The summed E-state index contributed by atoms with van der Waals surface area (Å²) in [6, 6.07) is 15.3. The van der Waals surface area contributed by atoms with E-state index in [1.165, 1.54) is 0 Å². The number of rotatable bonds is 5. The number of halogens is 1. The number of allylic oxidation sites excluding steroid dienone is 3. The van der Waals surface area contributed by atoms with Crippen LogP contribution in [0.3, 0.4) is 0 Å². The Kier molecular flexibility index (Phi) is 6.01. The van der Waals surface area contributed by atoms with Gasteiger partial charge < -0.3 is 19.9 Å². The Labute approximate surface area is 189 Å². The minimum atomic E-state index is -0.558. The van der Waals surface area contributed by atoms with E-state index in [-0.39, 0.29) is 23.8 Å².